The molecule has 6 rings (SSSR count). The van der Waals surface area contributed by atoms with E-state index in [-0.39, 0.29) is 28.1 Å². The van der Waals surface area contributed by atoms with Gasteiger partial charge >= 0.3 is 17.8 Å². The highest BCUT2D eigenvalue weighted by atomic mass is 19.3. The van der Waals surface area contributed by atoms with Crippen molar-refractivity contribution >= 4 is 18.1 Å². The monoisotopic (exact) mass is 892 g/mol. The molecule has 0 amide bonds. The molecule has 0 saturated carbocycles. The van der Waals surface area contributed by atoms with E-state index in [0.29, 0.717) is 23.3 Å². The molecule has 2 aromatic carbocycles. The second-order valence-corrected chi connectivity index (χ2v) is 12.8. The van der Waals surface area contributed by atoms with Gasteiger partial charge in [-0.05, 0) is 81.4 Å². The first-order chi connectivity index (χ1) is 28.9. The van der Waals surface area contributed by atoms with E-state index < -0.39 is 87.9 Å². The van der Waals surface area contributed by atoms with E-state index in [0.717, 1.165) is 76.9 Å². The smallest absolute Gasteiger partial charge is 0.330 e. The van der Waals surface area contributed by atoms with E-state index in [1.165, 1.54) is 30.4 Å². The number of aliphatic hydroxyl groups excluding tert-OH is 1. The molecule has 0 saturated heterocycles. The summed E-state index contributed by atoms with van der Waals surface area (Å²) in [5, 5.41) is 51.0. The average Bonchev–Trinajstić information content (AvgIpc) is 3.94. The van der Waals surface area contributed by atoms with Gasteiger partial charge in [0.1, 0.15) is 47.3 Å². The molecule has 23 heteroatoms. The lowest BCUT2D eigenvalue weighted by atomic mass is 9.84. The minimum absolute atomic E-state index is 0. The number of rotatable bonds is 15. The maximum Gasteiger partial charge on any atom is 0.330 e. The van der Waals surface area contributed by atoms with E-state index in [9.17, 15) is 32.6 Å². The number of esters is 1. The molecule has 0 aliphatic heterocycles. The van der Waals surface area contributed by atoms with Gasteiger partial charge < -0.3 is 20.1 Å². The van der Waals surface area contributed by atoms with Gasteiger partial charge in [-0.15, -0.1) is 10.2 Å². The second kappa shape index (κ2) is 21.3. The Balaban J connectivity index is 0.000000326. The Morgan fingerprint density at radius 3 is 1.49 bits per heavy atom. The molecule has 0 aliphatic carbocycles. The maximum atomic E-state index is 15.6. The first-order valence-corrected chi connectivity index (χ1v) is 17.5. The van der Waals surface area contributed by atoms with Gasteiger partial charge in [0.05, 0.1) is 26.3 Å². The summed E-state index contributed by atoms with van der Waals surface area (Å²) in [6.45, 7) is -0.324. The molecule has 2 unspecified atom stereocenters. The van der Waals surface area contributed by atoms with E-state index in [1.54, 1.807) is 6.92 Å². The van der Waals surface area contributed by atoms with Gasteiger partial charge in [0.2, 0.25) is 0 Å². The van der Waals surface area contributed by atoms with Crippen LogP contribution in [0.4, 0.5) is 35.1 Å². The van der Waals surface area contributed by atoms with Crippen LogP contribution in [0, 0.1) is 23.3 Å². The van der Waals surface area contributed by atoms with Gasteiger partial charge in [-0.1, -0.05) is 39.1 Å². The minimum atomic E-state index is -4.17. The Bertz CT molecular complexity index is 2440. The molecule has 3 N–H and O–H groups in total. The lowest BCUT2D eigenvalue weighted by Crippen LogP contribution is -2.48. The largest absolute Gasteiger partial charge is 0.463 e. The molecule has 336 valence electrons. The number of tetrazole rings is 2. The molecule has 0 aliphatic rings. The summed E-state index contributed by atoms with van der Waals surface area (Å²) in [5.41, 5.74) is -9.14. The molecular formula is C40H40F8N10O5. The summed E-state index contributed by atoms with van der Waals surface area (Å²) in [5.74, 6) is -13.6. The van der Waals surface area contributed by atoms with Crippen molar-refractivity contribution in [2.24, 2.45) is 0 Å². The zero-order valence-corrected chi connectivity index (χ0v) is 31.4. The van der Waals surface area contributed by atoms with Crippen LogP contribution in [0.2, 0.25) is 0 Å². The van der Waals surface area contributed by atoms with Crippen molar-refractivity contribution in [2.45, 2.75) is 57.9 Å². The maximum absolute atomic E-state index is 15.6. The van der Waals surface area contributed by atoms with Crippen LogP contribution < -0.4 is 0 Å². The fraction of sp³-hybridized carbons (Fsp3) is 0.275. The molecule has 0 radical (unpaired) electrons. The van der Waals surface area contributed by atoms with Gasteiger partial charge in [-0.2, -0.15) is 17.6 Å². The fourth-order valence-electron chi connectivity index (χ4n) is 5.68. The van der Waals surface area contributed by atoms with Crippen molar-refractivity contribution in [3.63, 3.8) is 0 Å². The summed E-state index contributed by atoms with van der Waals surface area (Å²) in [7, 11) is 0. The highest BCUT2D eigenvalue weighted by Gasteiger charge is 2.59. The molecule has 4 aromatic heterocycles. The minimum Gasteiger partial charge on any atom is -0.463 e. The number of carbonyl (C=O) groups is 1. The summed E-state index contributed by atoms with van der Waals surface area (Å²) in [6.07, 6.45) is 9.32. The number of carbonyl (C=O) groups excluding carboxylic acids is 1. The fourth-order valence-corrected chi connectivity index (χ4v) is 5.68. The Hall–Kier alpha value is -6.85. The molecule has 0 fully saturated rings. The summed E-state index contributed by atoms with van der Waals surface area (Å²) < 4.78 is 124. The number of halogens is 8. The molecule has 63 heavy (non-hydrogen) atoms. The average molecular weight is 893 g/mol. The third kappa shape index (κ3) is 11.4. The van der Waals surface area contributed by atoms with Crippen LogP contribution in [-0.4, -0.2) is 84.9 Å². The predicted octanol–water partition coefficient (Wildman–Crippen LogP) is 5.91. The normalized spacial score (nSPS) is 13.6. The number of pyridine rings is 2. The zero-order chi connectivity index (χ0) is 44.4. The van der Waals surface area contributed by atoms with Gasteiger partial charge in [-0.3, -0.25) is 9.97 Å². The number of hydrogen-bond donors (Lipinski definition) is 3. The highest BCUT2D eigenvalue weighted by Crippen LogP contribution is 2.48. The number of alkyl halides is 4. The lowest BCUT2D eigenvalue weighted by Gasteiger charge is -2.35. The number of hydrogen-bond acceptors (Lipinski definition) is 13. The number of nitrogens with zero attached hydrogens (tertiary/aromatic N) is 10. The van der Waals surface area contributed by atoms with Gasteiger partial charge in [-0.25, -0.2) is 31.7 Å². The van der Waals surface area contributed by atoms with Crippen molar-refractivity contribution in [1.29, 1.82) is 0 Å². The first-order valence-electron chi connectivity index (χ1n) is 17.5. The van der Waals surface area contributed by atoms with Crippen LogP contribution in [0.15, 0.2) is 97.9 Å². The third-order valence-corrected chi connectivity index (χ3v) is 8.69. The van der Waals surface area contributed by atoms with Gasteiger partial charge in [0, 0.05) is 41.7 Å². The highest BCUT2D eigenvalue weighted by molar-refractivity contribution is 5.86. The van der Waals surface area contributed by atoms with Crippen LogP contribution in [-0.2, 0) is 45.7 Å². The van der Waals surface area contributed by atoms with E-state index in [1.807, 2.05) is 0 Å². The topological polar surface area (TPSA) is 200 Å². The lowest BCUT2D eigenvalue weighted by molar-refractivity contribution is -0.207. The van der Waals surface area contributed by atoms with Crippen LogP contribution in [0.3, 0.4) is 0 Å². The van der Waals surface area contributed by atoms with Crippen LogP contribution >= 0.6 is 0 Å². The second-order valence-electron chi connectivity index (χ2n) is 12.8. The predicted molar refractivity (Wildman–Crippen MR) is 208 cm³/mol. The Morgan fingerprint density at radius 2 is 1.14 bits per heavy atom. The van der Waals surface area contributed by atoms with Crippen molar-refractivity contribution in [3.05, 3.63) is 155 Å². The molecule has 15 nitrogen and oxygen atoms in total. The molecule has 0 spiro atoms. The van der Waals surface area contributed by atoms with Gasteiger partial charge in [0.25, 0.3) is 0 Å². The van der Waals surface area contributed by atoms with Gasteiger partial charge in [0.15, 0.2) is 11.2 Å². The Morgan fingerprint density at radius 1 is 0.698 bits per heavy atom. The summed E-state index contributed by atoms with van der Waals surface area (Å²) in [4.78, 5) is 18.7. The SMILES string of the molecule is C.C.CCOC(=O)/C=C/c1ccc(C(F)(F)C(O)(Cn2cnnn2)c2ccc(F)cc2F)nc1.OC/C=C/c1ccc(C(F)(F)C(O)(Cn2cnnn2)c2ccc(F)cc2F)nc1. The Kier molecular flexibility index (Phi) is 17.1. The number of aliphatic hydroxyl groups is 3. The summed E-state index contributed by atoms with van der Waals surface area (Å²) >= 11 is 0. The van der Waals surface area contributed by atoms with Crippen molar-refractivity contribution < 1.29 is 60.0 Å². The standard InChI is InChI=1S/C20H17F4N5O3.C18H15F4N5O2.2CH4/c1-2-32-18(30)8-4-13-3-7-17(25-10-13)20(23,24)19(31,11-29-12-26-27-28-29)15-6-5-14(21)9-16(15)22;19-13-4-5-14(15(20)8-13)17(29,10-27-11-24-25-26-27)18(21,22)16-6-3-12(9-23-16)2-1-7-28;;/h3-10,12,31H,2,11H2,1H3;1-6,8-9,11,28-29H,7,10H2;2*1H4/b8-4+;2-1+;;. The van der Waals surface area contributed by atoms with E-state index in [4.69, 9.17) is 9.84 Å². The van der Waals surface area contributed by atoms with E-state index >= 15 is 17.6 Å². The van der Waals surface area contributed by atoms with Crippen LogP contribution in [0.25, 0.3) is 12.2 Å². The van der Waals surface area contributed by atoms with Crippen molar-refractivity contribution in [3.8, 4) is 0 Å². The van der Waals surface area contributed by atoms with Crippen LogP contribution in [0.1, 0.15) is 55.4 Å². The van der Waals surface area contributed by atoms with Crippen molar-refractivity contribution in [1.82, 2.24) is 50.4 Å². The van der Waals surface area contributed by atoms with Crippen LogP contribution in [0.5, 0.6) is 0 Å². The van der Waals surface area contributed by atoms with E-state index in [2.05, 4.69) is 41.0 Å². The Labute approximate surface area is 354 Å². The molecule has 2 atom stereocenters. The first kappa shape index (κ1) is 50.5. The molecule has 4 heterocycles. The summed E-state index contributed by atoms with van der Waals surface area (Å²) in [6, 6.07) is 8.13. The molecule has 0 bridgehead atoms. The van der Waals surface area contributed by atoms with Crippen molar-refractivity contribution in [2.75, 3.05) is 13.2 Å². The number of ether oxygens (including phenoxy) is 1. The zero-order valence-electron chi connectivity index (χ0n) is 31.4. The third-order valence-electron chi connectivity index (χ3n) is 8.69. The molecule has 6 aromatic rings. The number of benzene rings is 2. The molecular weight excluding hydrogens is 852 g/mol. The quantitative estimate of drug-likeness (QED) is 0.0626. The number of aromatic nitrogens is 10.